The Morgan fingerprint density at radius 2 is 2.19 bits per heavy atom. The summed E-state index contributed by atoms with van der Waals surface area (Å²) in [6, 6.07) is 6.73. The highest BCUT2D eigenvalue weighted by Crippen LogP contribution is 2.23. The fraction of sp³-hybridized carbons (Fsp3) is 0.188. The van der Waals surface area contributed by atoms with Crippen molar-refractivity contribution in [3.8, 4) is 5.75 Å². The molecule has 3 rings (SSSR count). The van der Waals surface area contributed by atoms with Gasteiger partial charge < -0.3 is 20.2 Å². The van der Waals surface area contributed by atoms with E-state index in [1.54, 1.807) is 25.3 Å². The number of nitrogens with zero attached hydrogens (tertiary/aromatic N) is 4. The lowest BCUT2D eigenvalue weighted by Crippen LogP contribution is -2.25. The van der Waals surface area contributed by atoms with Crippen LogP contribution in [0, 0.1) is 10.1 Å². The molecule has 0 bridgehead atoms. The molecule has 10 heteroatoms. The number of carbonyl (C=O) groups excluding carboxylic acids is 1. The Morgan fingerprint density at radius 3 is 2.77 bits per heavy atom. The number of carbonyl (C=O) groups is 1. The molecule has 2 heterocycles. The summed E-state index contributed by atoms with van der Waals surface area (Å²) in [5.41, 5.74) is 1.90. The van der Waals surface area contributed by atoms with Gasteiger partial charge in [-0.2, -0.15) is 4.68 Å². The van der Waals surface area contributed by atoms with Crippen LogP contribution in [0.2, 0.25) is 0 Å². The van der Waals surface area contributed by atoms with Crippen LogP contribution in [0.3, 0.4) is 0 Å². The first kappa shape index (κ1) is 17.5. The quantitative estimate of drug-likeness (QED) is 0.367. The summed E-state index contributed by atoms with van der Waals surface area (Å²) in [5, 5.41) is 17.9. The number of thiocarbonyl (C=S) groups is 1. The van der Waals surface area contributed by atoms with Crippen molar-refractivity contribution in [2.24, 2.45) is 0 Å². The summed E-state index contributed by atoms with van der Waals surface area (Å²) in [6.45, 7) is 0.285. The van der Waals surface area contributed by atoms with Gasteiger partial charge in [-0.05, 0) is 40.9 Å². The van der Waals surface area contributed by atoms with Gasteiger partial charge in [0.15, 0.2) is 5.11 Å². The first-order valence-corrected chi connectivity index (χ1v) is 7.95. The van der Waals surface area contributed by atoms with E-state index in [4.69, 9.17) is 17.0 Å². The van der Waals surface area contributed by atoms with E-state index in [-0.39, 0.29) is 18.3 Å². The van der Waals surface area contributed by atoms with Gasteiger partial charge in [0.25, 0.3) is 5.91 Å². The van der Waals surface area contributed by atoms with E-state index in [1.165, 1.54) is 29.0 Å². The third-order valence-corrected chi connectivity index (χ3v) is 4.22. The predicted octanol–water partition coefficient (Wildman–Crippen LogP) is 1.54. The summed E-state index contributed by atoms with van der Waals surface area (Å²) < 4.78 is 6.80. The summed E-state index contributed by atoms with van der Waals surface area (Å²) in [7, 11) is 3.14. The maximum Gasteiger partial charge on any atom is 0.389 e. The highest BCUT2D eigenvalue weighted by Gasteiger charge is 2.27. The third kappa shape index (κ3) is 3.40. The first-order valence-electron chi connectivity index (χ1n) is 7.54. The van der Waals surface area contributed by atoms with Crippen LogP contribution >= 0.6 is 12.2 Å². The molecular weight excluding hydrogens is 358 g/mol. The molecule has 0 unspecified atom stereocenters. The van der Waals surface area contributed by atoms with E-state index in [2.05, 4.69) is 10.4 Å². The Morgan fingerprint density at radius 1 is 1.42 bits per heavy atom. The van der Waals surface area contributed by atoms with Crippen molar-refractivity contribution in [3.63, 3.8) is 0 Å². The molecule has 1 aliphatic rings. The Kier molecular flexibility index (Phi) is 4.67. The molecule has 0 radical (unpaired) electrons. The minimum atomic E-state index is -0.550. The minimum Gasteiger partial charge on any atom is -0.496 e. The van der Waals surface area contributed by atoms with Crippen molar-refractivity contribution in [2.45, 2.75) is 6.54 Å². The molecule has 0 saturated carbocycles. The maximum absolute atomic E-state index is 12.1. The fourth-order valence-electron chi connectivity index (χ4n) is 2.51. The van der Waals surface area contributed by atoms with Crippen molar-refractivity contribution in [2.75, 3.05) is 14.2 Å². The highest BCUT2D eigenvalue weighted by molar-refractivity contribution is 7.80. The molecule has 9 nitrogen and oxygen atoms in total. The van der Waals surface area contributed by atoms with Gasteiger partial charge in [0.05, 0.1) is 31.0 Å². The third-order valence-electron chi connectivity index (χ3n) is 3.84. The number of aromatic nitrogens is 2. The topological polar surface area (TPSA) is 103 Å². The van der Waals surface area contributed by atoms with Gasteiger partial charge in [0, 0.05) is 12.6 Å². The molecule has 0 atom stereocenters. The number of likely N-dealkylation sites (N-methyl/N-ethyl adjacent to an activating group) is 1. The zero-order valence-electron chi connectivity index (χ0n) is 14.0. The summed E-state index contributed by atoms with van der Waals surface area (Å²) in [5.74, 6) is 0.179. The number of methoxy groups -OCH3 is 1. The number of hydrogen-bond donors (Lipinski definition) is 1. The van der Waals surface area contributed by atoms with Crippen LogP contribution in [-0.4, -0.2) is 44.8 Å². The fourth-order valence-corrected chi connectivity index (χ4v) is 2.71. The van der Waals surface area contributed by atoms with E-state index in [0.29, 0.717) is 16.6 Å². The molecule has 2 aromatic rings. The number of ether oxygens (including phenoxy) is 1. The average Bonchev–Trinajstić information content (AvgIpc) is 3.17. The van der Waals surface area contributed by atoms with Gasteiger partial charge in [-0.3, -0.25) is 9.69 Å². The zero-order valence-corrected chi connectivity index (χ0v) is 14.8. The Labute approximate surface area is 154 Å². The second kappa shape index (κ2) is 6.92. The van der Waals surface area contributed by atoms with Crippen molar-refractivity contribution in [1.29, 1.82) is 0 Å². The van der Waals surface area contributed by atoms with Gasteiger partial charge in [-0.15, -0.1) is 0 Å². The molecule has 1 amide bonds. The van der Waals surface area contributed by atoms with Crippen molar-refractivity contribution in [3.05, 3.63) is 57.4 Å². The van der Waals surface area contributed by atoms with Crippen LogP contribution in [0.15, 0.2) is 36.2 Å². The maximum atomic E-state index is 12.1. The Balaban J connectivity index is 1.90. The molecule has 1 fully saturated rings. The number of nitrogens with one attached hydrogen (secondary N) is 1. The van der Waals surface area contributed by atoms with E-state index < -0.39 is 4.92 Å². The lowest BCUT2D eigenvalue weighted by atomic mass is 10.1. The first-order chi connectivity index (χ1) is 12.4. The highest BCUT2D eigenvalue weighted by atomic mass is 32.1. The number of amides is 1. The molecule has 1 saturated heterocycles. The van der Waals surface area contributed by atoms with E-state index in [9.17, 15) is 14.9 Å². The predicted molar refractivity (Wildman–Crippen MR) is 97.5 cm³/mol. The molecule has 1 aromatic carbocycles. The van der Waals surface area contributed by atoms with Crippen LogP contribution in [-0.2, 0) is 11.3 Å². The Hall–Kier alpha value is -3.27. The van der Waals surface area contributed by atoms with E-state index >= 15 is 0 Å². The van der Waals surface area contributed by atoms with Gasteiger partial charge in [0.1, 0.15) is 11.4 Å². The summed E-state index contributed by atoms with van der Waals surface area (Å²) >= 11 is 5.05. The molecule has 26 heavy (non-hydrogen) atoms. The van der Waals surface area contributed by atoms with Crippen molar-refractivity contribution < 1.29 is 14.5 Å². The summed E-state index contributed by atoms with van der Waals surface area (Å²) in [6.07, 6.45) is 3.21. The molecule has 0 spiro atoms. The van der Waals surface area contributed by atoms with Crippen molar-refractivity contribution in [1.82, 2.24) is 20.0 Å². The molecule has 1 aliphatic heterocycles. The normalized spacial score (nSPS) is 15.5. The van der Waals surface area contributed by atoms with Crippen LogP contribution in [0.4, 0.5) is 5.82 Å². The lowest BCUT2D eigenvalue weighted by molar-refractivity contribution is -0.389. The standard InChI is InChI=1S/C16H15N5O4S/c1-19-15(22)12(17-16(19)26)8-10-3-4-13(25-2)11(7-10)9-20-6-5-14(18-20)21(23)24/h3-8H,9H2,1-2H3,(H,17,26)/b12-8+. The lowest BCUT2D eigenvalue weighted by Gasteiger charge is -2.08. The second-order valence-electron chi connectivity index (χ2n) is 5.55. The van der Waals surface area contributed by atoms with Gasteiger partial charge in [-0.1, -0.05) is 6.07 Å². The van der Waals surface area contributed by atoms with Gasteiger partial charge >= 0.3 is 5.82 Å². The van der Waals surface area contributed by atoms with Crippen LogP contribution in [0.25, 0.3) is 6.08 Å². The van der Waals surface area contributed by atoms with E-state index in [0.717, 1.165) is 11.1 Å². The molecule has 134 valence electrons. The molecule has 0 aliphatic carbocycles. The van der Waals surface area contributed by atoms with Crippen LogP contribution < -0.4 is 10.1 Å². The number of rotatable bonds is 5. The molecule has 1 aromatic heterocycles. The minimum absolute atomic E-state index is 0.213. The largest absolute Gasteiger partial charge is 0.496 e. The number of nitro groups is 1. The summed E-state index contributed by atoms with van der Waals surface area (Å²) in [4.78, 5) is 23.7. The van der Waals surface area contributed by atoms with E-state index in [1.807, 2.05) is 6.07 Å². The average molecular weight is 373 g/mol. The number of benzene rings is 1. The van der Waals surface area contributed by atoms with Gasteiger partial charge in [-0.25, -0.2) is 0 Å². The van der Waals surface area contributed by atoms with Crippen LogP contribution in [0.5, 0.6) is 5.75 Å². The van der Waals surface area contributed by atoms with Gasteiger partial charge in [0.2, 0.25) is 0 Å². The van der Waals surface area contributed by atoms with Crippen molar-refractivity contribution >= 4 is 35.1 Å². The monoisotopic (exact) mass is 373 g/mol. The Bertz CT molecular complexity index is 936. The van der Waals surface area contributed by atoms with Crippen LogP contribution in [0.1, 0.15) is 11.1 Å². The second-order valence-corrected chi connectivity index (χ2v) is 5.94. The molecule has 1 N–H and O–H groups in total. The molecular formula is C16H15N5O4S. The number of hydrogen-bond acceptors (Lipinski definition) is 6. The zero-order chi connectivity index (χ0) is 18.8. The smallest absolute Gasteiger partial charge is 0.389 e. The SMILES string of the molecule is COc1ccc(/C=C2/NC(=S)N(C)C2=O)cc1Cn1ccc([N+](=O)[O-])n1.